The van der Waals surface area contributed by atoms with E-state index < -0.39 is 20.7 Å². The molecule has 1 aromatic heterocycles. The van der Waals surface area contributed by atoms with Gasteiger partial charge in [-0.3, -0.25) is 4.79 Å². The molecule has 0 spiro atoms. The SMILES string of the molecule is C=Ic1cnc(SCc2ccc(F)cc2)[nH]c1=O. The van der Waals surface area contributed by atoms with E-state index in [9.17, 15) is 9.18 Å². The zero-order valence-corrected chi connectivity index (χ0v) is 12.3. The van der Waals surface area contributed by atoms with E-state index in [1.54, 1.807) is 18.3 Å². The molecule has 0 aliphatic carbocycles. The summed E-state index contributed by atoms with van der Waals surface area (Å²) in [6.45, 7) is 0. The maximum atomic E-state index is 12.7. The van der Waals surface area contributed by atoms with E-state index in [0.717, 1.165) is 5.56 Å². The normalized spacial score (nSPS) is 10.5. The number of aromatic amines is 1. The monoisotopic (exact) mass is 376 g/mol. The Kier molecular flexibility index (Phi) is 4.65. The van der Waals surface area contributed by atoms with E-state index in [2.05, 4.69) is 14.5 Å². The van der Waals surface area contributed by atoms with Gasteiger partial charge in [0, 0.05) is 11.9 Å². The van der Waals surface area contributed by atoms with E-state index in [-0.39, 0.29) is 11.4 Å². The molecule has 0 aliphatic heterocycles. The molecular weight excluding hydrogens is 366 g/mol. The summed E-state index contributed by atoms with van der Waals surface area (Å²) < 4.78 is 17.2. The van der Waals surface area contributed by atoms with Crippen molar-refractivity contribution in [2.45, 2.75) is 10.9 Å². The van der Waals surface area contributed by atoms with Crippen molar-refractivity contribution in [3.8, 4) is 0 Å². The number of hydrogen-bond donors (Lipinski definition) is 1. The number of halogens is 2. The fraction of sp³-hybridized carbons (Fsp3) is 0.0833. The highest BCUT2D eigenvalue weighted by Crippen LogP contribution is 2.18. The van der Waals surface area contributed by atoms with E-state index in [1.807, 2.05) is 0 Å². The Bertz CT molecular complexity index is 612. The highest BCUT2D eigenvalue weighted by molar-refractivity contribution is 14.2. The molecule has 0 atom stereocenters. The van der Waals surface area contributed by atoms with Crippen LogP contribution in [0.4, 0.5) is 4.39 Å². The molecule has 0 amide bonds. The van der Waals surface area contributed by atoms with E-state index in [0.29, 0.717) is 14.5 Å². The molecule has 0 radical (unpaired) electrons. The second kappa shape index (κ2) is 6.24. The van der Waals surface area contributed by atoms with Crippen LogP contribution in [0.25, 0.3) is 0 Å². The number of thioether (sulfide) groups is 1. The lowest BCUT2D eigenvalue weighted by atomic mass is 10.2. The van der Waals surface area contributed by atoms with Crippen molar-refractivity contribution in [1.82, 2.24) is 9.97 Å². The van der Waals surface area contributed by atoms with Gasteiger partial charge in [0.05, 0.1) is 3.57 Å². The van der Waals surface area contributed by atoms with Gasteiger partial charge in [0.2, 0.25) is 0 Å². The van der Waals surface area contributed by atoms with Crippen LogP contribution in [0.5, 0.6) is 0 Å². The zero-order valence-electron chi connectivity index (χ0n) is 9.32. The second-order valence-corrected chi connectivity index (χ2v) is 6.30. The van der Waals surface area contributed by atoms with Gasteiger partial charge in [-0.05, 0) is 17.7 Å². The minimum Gasteiger partial charge on any atom is -0.301 e. The van der Waals surface area contributed by atoms with Crippen molar-refractivity contribution < 1.29 is 4.39 Å². The topological polar surface area (TPSA) is 45.8 Å². The third-order valence-electron chi connectivity index (χ3n) is 2.17. The predicted molar refractivity (Wildman–Crippen MR) is 80.7 cm³/mol. The molecule has 2 aromatic rings. The van der Waals surface area contributed by atoms with Crippen LogP contribution in [0.2, 0.25) is 0 Å². The highest BCUT2D eigenvalue weighted by Gasteiger charge is 2.02. The Morgan fingerprint density at radius 3 is 2.72 bits per heavy atom. The van der Waals surface area contributed by atoms with Crippen LogP contribution in [0, 0.1) is 9.39 Å². The largest absolute Gasteiger partial charge is 0.301 e. The van der Waals surface area contributed by atoms with Crippen molar-refractivity contribution in [2.24, 2.45) is 0 Å². The molecule has 18 heavy (non-hydrogen) atoms. The molecule has 0 aliphatic rings. The quantitative estimate of drug-likeness (QED) is 0.507. The number of H-pyrrole nitrogens is 1. The Morgan fingerprint density at radius 2 is 2.11 bits per heavy atom. The molecule has 0 bridgehead atoms. The van der Waals surface area contributed by atoms with Crippen LogP contribution in [-0.2, 0) is 5.75 Å². The summed E-state index contributed by atoms with van der Waals surface area (Å²) >= 11 is 0.925. The van der Waals surface area contributed by atoms with Crippen molar-refractivity contribution in [3.63, 3.8) is 0 Å². The Balaban J connectivity index is 2.06. The van der Waals surface area contributed by atoms with Gasteiger partial charge < -0.3 is 4.98 Å². The lowest BCUT2D eigenvalue weighted by Crippen LogP contribution is -2.11. The number of hydrogen-bond acceptors (Lipinski definition) is 3. The minimum absolute atomic E-state index is 0.102. The van der Waals surface area contributed by atoms with Gasteiger partial charge >= 0.3 is 0 Å². The number of nitrogens with one attached hydrogen (secondary N) is 1. The first-order chi connectivity index (χ1) is 8.69. The molecule has 0 saturated heterocycles. The zero-order chi connectivity index (χ0) is 13.0. The summed E-state index contributed by atoms with van der Waals surface area (Å²) in [5, 5.41) is 0.575. The third-order valence-corrected chi connectivity index (χ3v) is 4.71. The molecule has 1 heterocycles. The fourth-order valence-corrected chi connectivity index (χ4v) is 2.87. The van der Waals surface area contributed by atoms with E-state index >= 15 is 0 Å². The van der Waals surface area contributed by atoms with Gasteiger partial charge in [0.25, 0.3) is 5.56 Å². The van der Waals surface area contributed by atoms with Crippen LogP contribution < -0.4 is 5.56 Å². The van der Waals surface area contributed by atoms with Crippen LogP contribution in [-0.4, -0.2) is 14.5 Å². The average molecular weight is 376 g/mol. The summed E-state index contributed by atoms with van der Waals surface area (Å²) in [7, 11) is 0. The standard InChI is InChI=1S/C12H10FIN2OS/c1-14-10-6-15-12(16-11(10)17)18-7-8-2-4-9(13)5-3-8/h2-6H,1,7H2,(H,15,16,17). The van der Waals surface area contributed by atoms with Crippen LogP contribution >= 0.6 is 32.5 Å². The molecule has 3 nitrogen and oxygen atoms in total. The summed E-state index contributed by atoms with van der Waals surface area (Å²) in [4.78, 5) is 18.4. The summed E-state index contributed by atoms with van der Waals surface area (Å²) in [6.07, 6.45) is 1.59. The molecular formula is C12H10FIN2OS. The van der Waals surface area contributed by atoms with Crippen molar-refractivity contribution in [2.75, 3.05) is 0 Å². The Labute approximate surface area is 118 Å². The molecule has 94 valence electrons. The van der Waals surface area contributed by atoms with Crippen LogP contribution in [0.1, 0.15) is 5.56 Å². The first-order valence-electron chi connectivity index (χ1n) is 5.04. The highest BCUT2D eigenvalue weighted by atomic mass is 127. The van der Waals surface area contributed by atoms with Crippen molar-refractivity contribution in [1.29, 1.82) is 0 Å². The van der Waals surface area contributed by atoms with Gasteiger partial charge in [-0.2, -0.15) is 0 Å². The van der Waals surface area contributed by atoms with E-state index in [1.165, 1.54) is 23.9 Å². The third kappa shape index (κ3) is 3.49. The molecule has 6 heteroatoms. The lowest BCUT2D eigenvalue weighted by Gasteiger charge is -2.01. The van der Waals surface area contributed by atoms with Gasteiger partial charge in [0.1, 0.15) is 5.82 Å². The predicted octanol–water partition coefficient (Wildman–Crippen LogP) is 2.77. The molecule has 0 unspecified atom stereocenters. The van der Waals surface area contributed by atoms with Gasteiger partial charge in [0.15, 0.2) is 5.16 Å². The number of rotatable bonds is 4. The van der Waals surface area contributed by atoms with Crippen LogP contribution in [0.3, 0.4) is 0 Å². The summed E-state index contributed by atoms with van der Waals surface area (Å²) in [5.74, 6) is 0.390. The van der Waals surface area contributed by atoms with Gasteiger partial charge in [-0.1, -0.05) is 49.1 Å². The minimum atomic E-state index is -0.490. The molecule has 0 saturated carbocycles. The summed E-state index contributed by atoms with van der Waals surface area (Å²) in [5.41, 5.74) is 0.882. The molecule has 1 aromatic carbocycles. The number of nitrogens with zero attached hydrogens (tertiary/aromatic N) is 1. The lowest BCUT2D eigenvalue weighted by molar-refractivity contribution is 0.627. The molecule has 0 fully saturated rings. The fourth-order valence-electron chi connectivity index (χ4n) is 1.26. The summed E-state index contributed by atoms with van der Waals surface area (Å²) in [6, 6.07) is 6.27. The van der Waals surface area contributed by atoms with E-state index in [4.69, 9.17) is 0 Å². The van der Waals surface area contributed by atoms with Gasteiger partial charge in [-0.15, -0.1) is 0 Å². The van der Waals surface area contributed by atoms with Crippen LogP contribution in [0.15, 0.2) is 40.4 Å². The second-order valence-electron chi connectivity index (χ2n) is 3.41. The van der Waals surface area contributed by atoms with Crippen molar-refractivity contribution >= 4 is 37.0 Å². The number of aromatic nitrogens is 2. The molecule has 2 rings (SSSR count). The molecule has 1 N–H and O–H groups in total. The Morgan fingerprint density at radius 1 is 1.39 bits per heavy atom. The van der Waals surface area contributed by atoms with Crippen molar-refractivity contribution in [3.05, 3.63) is 55.8 Å². The maximum absolute atomic E-state index is 12.7. The first-order valence-corrected chi connectivity index (χ1v) is 8.63. The number of benzene rings is 1. The Hall–Kier alpha value is -1.02. The smallest absolute Gasteiger partial charge is 0.264 e. The average Bonchev–Trinajstić information content (AvgIpc) is 2.38. The maximum Gasteiger partial charge on any atom is 0.264 e. The van der Waals surface area contributed by atoms with Gasteiger partial charge in [-0.25, -0.2) is 9.37 Å². The first kappa shape index (κ1) is 13.4.